The van der Waals surface area contributed by atoms with E-state index in [9.17, 15) is 0 Å². The molecule has 0 aliphatic carbocycles. The van der Waals surface area contributed by atoms with Crippen LogP contribution in [0.3, 0.4) is 0 Å². The fraction of sp³-hybridized carbons (Fsp3) is 0.0732. The van der Waals surface area contributed by atoms with E-state index in [0.29, 0.717) is 0 Å². The van der Waals surface area contributed by atoms with Crippen molar-refractivity contribution in [1.29, 1.82) is 0 Å². The molecule has 0 fully saturated rings. The second kappa shape index (κ2) is 9.46. The third-order valence-corrected chi connectivity index (χ3v) is 9.09. The molecule has 1 nitrogen and oxygen atoms in total. The molecule has 1 heteroatoms. The van der Waals surface area contributed by atoms with Crippen LogP contribution in [0.1, 0.15) is 16.7 Å². The Morgan fingerprint density at radius 2 is 0.833 bits per heavy atom. The predicted octanol–water partition coefficient (Wildman–Crippen LogP) is 11.3. The zero-order chi connectivity index (χ0) is 28.4. The van der Waals surface area contributed by atoms with E-state index in [2.05, 4.69) is 159 Å². The Morgan fingerprint density at radius 3 is 1.45 bits per heavy atom. The highest BCUT2D eigenvalue weighted by Crippen LogP contribution is 2.46. The lowest BCUT2D eigenvalue weighted by Crippen LogP contribution is -1.97. The maximum atomic E-state index is 2.37. The van der Waals surface area contributed by atoms with E-state index >= 15 is 0 Å². The zero-order valence-electron chi connectivity index (χ0n) is 24.1. The number of nitrogens with zero attached hydrogens (tertiary/aromatic N) is 1. The minimum Gasteiger partial charge on any atom is -0.316 e. The lowest BCUT2D eigenvalue weighted by atomic mass is 9.84. The standard InChI is InChI=1S/C41H31N/c1-26-16-18-29(19-17-26)30-20-22-31(23-21-30)42-25-24-38-40(28(3)33-11-5-9-15-37(33)41(38)42)39-27(2)32-10-4-6-12-34(32)35-13-7-8-14-36(35)39/h4-25H,1-3H3. The fourth-order valence-corrected chi connectivity index (χ4v) is 7.00. The summed E-state index contributed by atoms with van der Waals surface area (Å²) in [5, 5.41) is 9.12. The number of hydrogen-bond donors (Lipinski definition) is 0. The molecule has 0 atom stereocenters. The van der Waals surface area contributed by atoms with Crippen LogP contribution in [-0.2, 0) is 0 Å². The van der Waals surface area contributed by atoms with Gasteiger partial charge in [-0.1, -0.05) is 115 Å². The second-order valence-electron chi connectivity index (χ2n) is 11.5. The van der Waals surface area contributed by atoms with Crippen LogP contribution in [0.2, 0.25) is 0 Å². The summed E-state index contributed by atoms with van der Waals surface area (Å²) in [4.78, 5) is 0. The summed E-state index contributed by atoms with van der Waals surface area (Å²) in [6.45, 7) is 6.73. The Bertz CT molecular complexity index is 2300. The molecule has 0 aliphatic heterocycles. The second-order valence-corrected chi connectivity index (χ2v) is 11.5. The van der Waals surface area contributed by atoms with Gasteiger partial charge in [0.1, 0.15) is 0 Å². The van der Waals surface area contributed by atoms with Crippen molar-refractivity contribution >= 4 is 43.2 Å². The summed E-state index contributed by atoms with van der Waals surface area (Å²) in [6.07, 6.45) is 2.25. The van der Waals surface area contributed by atoms with E-state index in [1.165, 1.54) is 87.9 Å². The topological polar surface area (TPSA) is 4.93 Å². The molecule has 0 unspecified atom stereocenters. The van der Waals surface area contributed by atoms with E-state index < -0.39 is 0 Å². The first-order valence-electron chi connectivity index (χ1n) is 14.7. The highest BCUT2D eigenvalue weighted by atomic mass is 15.0. The van der Waals surface area contributed by atoms with E-state index in [1.807, 2.05) is 0 Å². The number of aromatic nitrogens is 1. The van der Waals surface area contributed by atoms with Crippen LogP contribution in [0, 0.1) is 20.8 Å². The molecular formula is C41H31N. The Balaban J connectivity index is 1.43. The average molecular weight is 538 g/mol. The summed E-state index contributed by atoms with van der Waals surface area (Å²) in [7, 11) is 0. The van der Waals surface area contributed by atoms with Gasteiger partial charge < -0.3 is 4.57 Å². The van der Waals surface area contributed by atoms with Crippen molar-refractivity contribution in [2.24, 2.45) is 0 Å². The summed E-state index contributed by atoms with van der Waals surface area (Å²) >= 11 is 0. The summed E-state index contributed by atoms with van der Waals surface area (Å²) in [5.41, 5.74) is 11.5. The van der Waals surface area contributed by atoms with Crippen LogP contribution in [0.4, 0.5) is 0 Å². The third-order valence-electron chi connectivity index (χ3n) is 9.09. The first kappa shape index (κ1) is 24.6. The highest BCUT2D eigenvalue weighted by molar-refractivity contribution is 6.22. The number of benzene rings is 7. The Kier molecular flexibility index (Phi) is 5.55. The molecule has 200 valence electrons. The first-order valence-corrected chi connectivity index (χ1v) is 14.7. The molecule has 1 heterocycles. The number of rotatable bonds is 3. The van der Waals surface area contributed by atoms with E-state index in [4.69, 9.17) is 0 Å². The molecule has 0 saturated heterocycles. The van der Waals surface area contributed by atoms with E-state index in [1.54, 1.807) is 0 Å². The number of fused-ring (bicyclic) bond motifs is 6. The van der Waals surface area contributed by atoms with Crippen LogP contribution in [-0.4, -0.2) is 4.57 Å². The zero-order valence-corrected chi connectivity index (χ0v) is 24.1. The first-order chi connectivity index (χ1) is 20.6. The molecule has 0 spiro atoms. The van der Waals surface area contributed by atoms with Crippen molar-refractivity contribution in [2.45, 2.75) is 20.8 Å². The molecule has 0 radical (unpaired) electrons. The smallest absolute Gasteiger partial charge is 0.0613 e. The minimum atomic E-state index is 1.17. The molecule has 0 amide bonds. The minimum absolute atomic E-state index is 1.17. The van der Waals surface area contributed by atoms with Crippen LogP contribution < -0.4 is 0 Å². The Hall–Kier alpha value is -5.14. The lowest BCUT2D eigenvalue weighted by molar-refractivity contribution is 1.13. The molecule has 7 aromatic carbocycles. The van der Waals surface area contributed by atoms with Crippen molar-refractivity contribution in [1.82, 2.24) is 4.57 Å². The maximum absolute atomic E-state index is 2.37. The summed E-state index contributed by atoms with van der Waals surface area (Å²) in [6, 6.07) is 46.7. The van der Waals surface area contributed by atoms with Crippen LogP contribution in [0.25, 0.3) is 71.2 Å². The largest absolute Gasteiger partial charge is 0.316 e. The average Bonchev–Trinajstić information content (AvgIpc) is 3.48. The third kappa shape index (κ3) is 3.63. The van der Waals surface area contributed by atoms with Crippen molar-refractivity contribution in [3.63, 3.8) is 0 Å². The van der Waals surface area contributed by atoms with Gasteiger partial charge in [0.05, 0.1) is 5.52 Å². The molecule has 8 rings (SSSR count). The highest BCUT2D eigenvalue weighted by Gasteiger charge is 2.21. The number of aryl methyl sites for hydroxylation is 3. The predicted molar refractivity (Wildman–Crippen MR) is 181 cm³/mol. The quantitative estimate of drug-likeness (QED) is 0.198. The number of hydrogen-bond acceptors (Lipinski definition) is 0. The van der Waals surface area contributed by atoms with Gasteiger partial charge in [-0.25, -0.2) is 0 Å². The van der Waals surface area contributed by atoms with Gasteiger partial charge in [-0.05, 0) is 99.3 Å². The molecule has 0 N–H and O–H groups in total. The molecule has 0 bridgehead atoms. The van der Waals surface area contributed by atoms with Gasteiger partial charge in [-0.15, -0.1) is 0 Å². The molecule has 42 heavy (non-hydrogen) atoms. The molecule has 0 saturated carbocycles. The van der Waals surface area contributed by atoms with Gasteiger partial charge in [-0.3, -0.25) is 0 Å². The lowest BCUT2D eigenvalue weighted by Gasteiger charge is -2.20. The maximum Gasteiger partial charge on any atom is 0.0613 e. The van der Waals surface area contributed by atoms with Gasteiger partial charge in [0, 0.05) is 22.7 Å². The van der Waals surface area contributed by atoms with Gasteiger partial charge in [0.25, 0.3) is 0 Å². The monoisotopic (exact) mass is 537 g/mol. The Labute approximate surface area is 246 Å². The van der Waals surface area contributed by atoms with Crippen molar-refractivity contribution in [3.05, 3.63) is 150 Å². The van der Waals surface area contributed by atoms with Gasteiger partial charge in [-0.2, -0.15) is 0 Å². The summed E-state index contributed by atoms with van der Waals surface area (Å²) < 4.78 is 2.37. The van der Waals surface area contributed by atoms with Gasteiger partial charge >= 0.3 is 0 Å². The Morgan fingerprint density at radius 1 is 0.381 bits per heavy atom. The van der Waals surface area contributed by atoms with Crippen molar-refractivity contribution in [3.8, 4) is 27.9 Å². The van der Waals surface area contributed by atoms with Gasteiger partial charge in [0.15, 0.2) is 0 Å². The van der Waals surface area contributed by atoms with Crippen LogP contribution in [0.5, 0.6) is 0 Å². The van der Waals surface area contributed by atoms with Crippen molar-refractivity contribution < 1.29 is 0 Å². The molecule has 8 aromatic rings. The summed E-state index contributed by atoms with van der Waals surface area (Å²) in [5.74, 6) is 0. The van der Waals surface area contributed by atoms with Gasteiger partial charge in [0.2, 0.25) is 0 Å². The van der Waals surface area contributed by atoms with Crippen LogP contribution in [0.15, 0.2) is 134 Å². The fourth-order valence-electron chi connectivity index (χ4n) is 7.00. The molecule has 1 aromatic heterocycles. The van der Waals surface area contributed by atoms with Crippen LogP contribution >= 0.6 is 0 Å². The van der Waals surface area contributed by atoms with Crippen molar-refractivity contribution in [2.75, 3.05) is 0 Å². The van der Waals surface area contributed by atoms with E-state index in [0.717, 1.165) is 0 Å². The van der Waals surface area contributed by atoms with E-state index in [-0.39, 0.29) is 0 Å². The molecule has 0 aliphatic rings. The molecular weight excluding hydrogens is 506 g/mol. The normalized spacial score (nSPS) is 11.7. The SMILES string of the molecule is Cc1ccc(-c2ccc(-n3ccc4c(-c5c(C)c6ccccc6c6ccccc56)c(C)c5ccccc5c43)cc2)cc1.